The molecule has 0 atom stereocenters. The second-order valence-electron chi connectivity index (χ2n) is 5.80. The van der Waals surface area contributed by atoms with Crippen LogP contribution in [0.5, 0.6) is 5.75 Å². The molecule has 0 unspecified atom stereocenters. The highest BCUT2D eigenvalue weighted by Crippen LogP contribution is 2.20. The van der Waals surface area contributed by atoms with Gasteiger partial charge in [-0.15, -0.1) is 0 Å². The Hall–Kier alpha value is -2.87. The van der Waals surface area contributed by atoms with Crippen LogP contribution < -0.4 is 9.47 Å². The number of nitrogens with zero attached hydrogens (tertiary/aromatic N) is 2. The van der Waals surface area contributed by atoms with E-state index in [4.69, 9.17) is 10.00 Å². The van der Waals surface area contributed by atoms with Crippen molar-refractivity contribution in [2.45, 2.75) is 32.8 Å². The van der Waals surface area contributed by atoms with E-state index < -0.39 is 5.60 Å². The zero-order chi connectivity index (χ0) is 17.0. The minimum absolute atomic E-state index is 0.00550. The Bertz CT molecular complexity index is 759. The molecule has 0 saturated heterocycles. The van der Waals surface area contributed by atoms with E-state index in [1.165, 1.54) is 0 Å². The Morgan fingerprint density at radius 3 is 2.52 bits per heavy atom. The molecule has 1 aromatic carbocycles. The fourth-order valence-corrected chi connectivity index (χ4v) is 2.12. The molecule has 5 nitrogen and oxygen atoms in total. The third kappa shape index (κ3) is 3.86. The number of nitriles is 1. The summed E-state index contributed by atoms with van der Waals surface area (Å²) in [4.78, 5) is 12.5. The van der Waals surface area contributed by atoms with E-state index in [0.717, 1.165) is 4.73 Å². The Kier molecular flexibility index (Phi) is 4.65. The van der Waals surface area contributed by atoms with Gasteiger partial charge in [0.25, 0.3) is 0 Å². The van der Waals surface area contributed by atoms with Crippen molar-refractivity contribution in [1.29, 1.82) is 5.26 Å². The van der Waals surface area contributed by atoms with Gasteiger partial charge in [-0.2, -0.15) is 9.99 Å². The zero-order valence-electron chi connectivity index (χ0n) is 13.4. The molecule has 1 heterocycles. The van der Waals surface area contributed by atoms with Crippen molar-refractivity contribution in [3.8, 4) is 11.8 Å². The smallest absolute Gasteiger partial charge is 0.200 e. The molecule has 0 amide bonds. The summed E-state index contributed by atoms with van der Waals surface area (Å²) >= 11 is 0. The predicted molar refractivity (Wildman–Crippen MR) is 84.7 cm³/mol. The molecular formula is C18H18N2O3. The summed E-state index contributed by atoms with van der Waals surface area (Å²) in [5, 5.41) is 20.7. The topological polar surface area (TPSA) is 77.0 Å². The van der Waals surface area contributed by atoms with E-state index in [2.05, 4.69) is 0 Å². The first-order chi connectivity index (χ1) is 10.8. The van der Waals surface area contributed by atoms with Gasteiger partial charge in [0, 0.05) is 19.1 Å². The lowest BCUT2D eigenvalue weighted by molar-refractivity contribution is -0.620. The molecule has 1 aromatic heterocycles. The highest BCUT2D eigenvalue weighted by molar-refractivity contribution is 5.88. The summed E-state index contributed by atoms with van der Waals surface area (Å²) in [5.74, 6) is 0.304. The van der Waals surface area contributed by atoms with Gasteiger partial charge in [-0.1, -0.05) is 0 Å². The van der Waals surface area contributed by atoms with Gasteiger partial charge >= 0.3 is 0 Å². The maximum Gasteiger partial charge on any atom is 0.200 e. The summed E-state index contributed by atoms with van der Waals surface area (Å²) in [6.45, 7) is 5.02. The van der Waals surface area contributed by atoms with Crippen LogP contribution in [-0.2, 0) is 11.2 Å². The summed E-state index contributed by atoms with van der Waals surface area (Å²) in [5.41, 5.74) is 0.381. The van der Waals surface area contributed by atoms with Crippen molar-refractivity contribution in [2.75, 3.05) is 0 Å². The monoisotopic (exact) mass is 310 g/mol. The van der Waals surface area contributed by atoms with Crippen LogP contribution in [-0.4, -0.2) is 11.4 Å². The minimum atomic E-state index is -1.08. The molecule has 0 saturated carbocycles. The van der Waals surface area contributed by atoms with Crippen molar-refractivity contribution in [3.63, 3.8) is 0 Å². The lowest BCUT2D eigenvalue weighted by Gasteiger charge is -2.24. The number of hydrogen-bond donors (Lipinski definition) is 0. The van der Waals surface area contributed by atoms with E-state index in [0.29, 0.717) is 22.7 Å². The number of benzene rings is 1. The molecule has 0 spiro atoms. The van der Waals surface area contributed by atoms with Crippen LogP contribution in [0.15, 0.2) is 42.5 Å². The largest absolute Gasteiger partial charge is 0.618 e. The third-order valence-corrected chi connectivity index (χ3v) is 3.58. The number of aryl methyl sites for hydroxylation is 1. The lowest BCUT2D eigenvalue weighted by Crippen LogP contribution is -2.43. The van der Waals surface area contributed by atoms with Crippen molar-refractivity contribution < 1.29 is 14.3 Å². The van der Waals surface area contributed by atoms with Gasteiger partial charge in [-0.3, -0.25) is 4.79 Å². The van der Waals surface area contributed by atoms with Gasteiger partial charge < -0.3 is 9.94 Å². The fourth-order valence-electron chi connectivity index (χ4n) is 2.12. The number of carbonyl (C=O) groups excluding carboxylic acids is 1. The van der Waals surface area contributed by atoms with Crippen molar-refractivity contribution in [3.05, 3.63) is 64.6 Å². The maximum absolute atomic E-state index is 12.5. The number of pyridine rings is 1. The first kappa shape index (κ1) is 16.5. The van der Waals surface area contributed by atoms with E-state index >= 15 is 0 Å². The van der Waals surface area contributed by atoms with E-state index in [-0.39, 0.29) is 12.2 Å². The highest BCUT2D eigenvalue weighted by Gasteiger charge is 2.31. The number of Topliss-reactive ketones (excluding diaryl/α,β-unsaturated/α-hetero) is 1. The quantitative estimate of drug-likeness (QED) is 0.628. The van der Waals surface area contributed by atoms with Crippen LogP contribution in [0.2, 0.25) is 0 Å². The third-order valence-electron chi connectivity index (χ3n) is 3.58. The average molecular weight is 310 g/mol. The summed E-state index contributed by atoms with van der Waals surface area (Å²) < 4.78 is 6.49. The van der Waals surface area contributed by atoms with Crippen LogP contribution in [0, 0.1) is 23.5 Å². The van der Waals surface area contributed by atoms with Gasteiger partial charge in [0.15, 0.2) is 17.1 Å². The molecule has 0 N–H and O–H groups in total. The molecular weight excluding hydrogens is 292 g/mol. The molecule has 118 valence electrons. The summed E-state index contributed by atoms with van der Waals surface area (Å²) in [7, 11) is 0. The molecule has 23 heavy (non-hydrogen) atoms. The van der Waals surface area contributed by atoms with Crippen LogP contribution in [0.25, 0.3) is 0 Å². The Morgan fingerprint density at radius 1 is 1.26 bits per heavy atom. The van der Waals surface area contributed by atoms with E-state index in [1.54, 1.807) is 63.2 Å². The van der Waals surface area contributed by atoms with E-state index in [9.17, 15) is 10.0 Å². The van der Waals surface area contributed by atoms with Gasteiger partial charge in [-0.05, 0) is 44.2 Å². The minimum Gasteiger partial charge on any atom is -0.618 e. The zero-order valence-corrected chi connectivity index (χ0v) is 13.4. The standard InChI is InChI=1S/C18H18N2O3/c1-13-5-4-6-15(20(13)22)11-17(21)18(2,3)23-16-9-7-14(12-19)8-10-16/h4-10H,11H2,1-3H3. The second-order valence-corrected chi connectivity index (χ2v) is 5.80. The number of rotatable bonds is 5. The van der Waals surface area contributed by atoms with Crippen molar-refractivity contribution in [1.82, 2.24) is 0 Å². The Morgan fingerprint density at radius 2 is 1.91 bits per heavy atom. The van der Waals surface area contributed by atoms with Crippen LogP contribution >= 0.6 is 0 Å². The number of ether oxygens (including phenoxy) is 1. The van der Waals surface area contributed by atoms with Crippen molar-refractivity contribution in [2.24, 2.45) is 0 Å². The molecule has 5 heteroatoms. The fraction of sp³-hybridized carbons (Fsp3) is 0.278. The van der Waals surface area contributed by atoms with Gasteiger partial charge in [0.2, 0.25) is 5.69 Å². The lowest BCUT2D eigenvalue weighted by atomic mass is 9.98. The first-order valence-electron chi connectivity index (χ1n) is 7.24. The Labute approximate surface area is 135 Å². The summed E-state index contributed by atoms with van der Waals surface area (Å²) in [6.07, 6.45) is -0.00550. The van der Waals surface area contributed by atoms with Crippen LogP contribution in [0.3, 0.4) is 0 Å². The molecule has 0 bridgehead atoms. The average Bonchev–Trinajstić information content (AvgIpc) is 2.52. The number of carbonyl (C=O) groups is 1. The Balaban J connectivity index is 2.13. The van der Waals surface area contributed by atoms with Crippen LogP contribution in [0.4, 0.5) is 0 Å². The molecule has 0 aliphatic carbocycles. The number of ketones is 1. The summed E-state index contributed by atoms with van der Waals surface area (Å²) in [6, 6.07) is 13.7. The SMILES string of the molecule is Cc1cccc(CC(=O)C(C)(C)Oc2ccc(C#N)cc2)[n+]1[O-]. The molecule has 0 aliphatic rings. The predicted octanol–water partition coefficient (Wildman–Crippen LogP) is 2.47. The number of aromatic nitrogens is 1. The normalized spacial score (nSPS) is 10.9. The van der Waals surface area contributed by atoms with Gasteiger partial charge in [0.1, 0.15) is 5.75 Å². The molecule has 2 rings (SSSR count). The first-order valence-corrected chi connectivity index (χ1v) is 7.24. The number of hydrogen-bond acceptors (Lipinski definition) is 4. The molecule has 0 radical (unpaired) electrons. The molecule has 2 aromatic rings. The molecule has 0 aliphatic heterocycles. The maximum atomic E-state index is 12.5. The van der Waals surface area contributed by atoms with Crippen LogP contribution in [0.1, 0.15) is 30.8 Å². The second kappa shape index (κ2) is 6.49. The van der Waals surface area contributed by atoms with Gasteiger partial charge in [-0.25, -0.2) is 0 Å². The van der Waals surface area contributed by atoms with Crippen molar-refractivity contribution >= 4 is 5.78 Å². The highest BCUT2D eigenvalue weighted by atomic mass is 16.5. The molecule has 0 fully saturated rings. The van der Waals surface area contributed by atoms with Gasteiger partial charge in [0.05, 0.1) is 18.1 Å². The van der Waals surface area contributed by atoms with E-state index in [1.807, 2.05) is 6.07 Å².